The molecule has 4 nitrogen and oxygen atoms in total. The number of carbonyl (C=O) groups excluding carboxylic acids is 1. The smallest absolute Gasteiger partial charge is 0.307 e. The van der Waals surface area contributed by atoms with Gasteiger partial charge in [-0.3, -0.25) is 4.79 Å². The van der Waals surface area contributed by atoms with Crippen LogP contribution in [0.2, 0.25) is 0 Å². The minimum atomic E-state index is -0.163. The lowest BCUT2D eigenvalue weighted by Gasteiger charge is -2.10. The first-order valence-corrected chi connectivity index (χ1v) is 5.15. The maximum atomic E-state index is 11.0. The number of nitrogens with one attached hydrogen (secondary N) is 1. The second kappa shape index (κ2) is 6.24. The van der Waals surface area contributed by atoms with Crippen molar-refractivity contribution in [2.24, 2.45) is 0 Å². The Hall–Kier alpha value is -1.29. The number of carbonyl (C=O) groups is 1. The largest absolute Gasteiger partial charge is 0.472 e. The summed E-state index contributed by atoms with van der Waals surface area (Å²) in [7, 11) is 0. The van der Waals surface area contributed by atoms with Gasteiger partial charge in [0.2, 0.25) is 0 Å². The molecule has 0 amide bonds. The van der Waals surface area contributed by atoms with E-state index in [0.717, 1.165) is 5.56 Å². The van der Waals surface area contributed by atoms with Gasteiger partial charge in [-0.2, -0.15) is 0 Å². The molecule has 1 aromatic rings. The first kappa shape index (κ1) is 11.8. The van der Waals surface area contributed by atoms with Gasteiger partial charge in [0.1, 0.15) is 0 Å². The normalized spacial score (nSPS) is 12.4. The van der Waals surface area contributed by atoms with Gasteiger partial charge in [0, 0.05) is 18.2 Å². The first-order chi connectivity index (χ1) is 7.24. The van der Waals surface area contributed by atoms with Gasteiger partial charge in [-0.25, -0.2) is 0 Å². The molecule has 0 bridgehead atoms. The van der Waals surface area contributed by atoms with Crippen LogP contribution in [-0.2, 0) is 9.53 Å². The summed E-state index contributed by atoms with van der Waals surface area (Å²) in [4.78, 5) is 11.0. The predicted molar refractivity (Wildman–Crippen MR) is 56.4 cm³/mol. The zero-order valence-corrected chi connectivity index (χ0v) is 9.16. The second-order valence-corrected chi connectivity index (χ2v) is 3.29. The third kappa shape index (κ3) is 4.16. The van der Waals surface area contributed by atoms with Gasteiger partial charge < -0.3 is 14.5 Å². The number of rotatable bonds is 6. The Labute approximate surface area is 89.6 Å². The highest BCUT2D eigenvalue weighted by Gasteiger charge is 2.07. The van der Waals surface area contributed by atoms with Crippen LogP contribution in [0.25, 0.3) is 0 Å². The molecule has 15 heavy (non-hydrogen) atoms. The molecule has 0 spiro atoms. The molecule has 1 aromatic heterocycles. The van der Waals surface area contributed by atoms with Crippen molar-refractivity contribution in [2.45, 2.75) is 26.3 Å². The second-order valence-electron chi connectivity index (χ2n) is 3.29. The summed E-state index contributed by atoms with van der Waals surface area (Å²) in [5.41, 5.74) is 1.08. The Kier molecular flexibility index (Phi) is 4.90. The summed E-state index contributed by atoms with van der Waals surface area (Å²) >= 11 is 0. The first-order valence-electron chi connectivity index (χ1n) is 5.15. The van der Waals surface area contributed by atoms with Crippen LogP contribution in [-0.4, -0.2) is 19.1 Å². The Balaban J connectivity index is 2.18. The molecule has 0 fully saturated rings. The van der Waals surface area contributed by atoms with Crippen LogP contribution < -0.4 is 5.32 Å². The van der Waals surface area contributed by atoms with Crippen LogP contribution in [0.15, 0.2) is 23.0 Å². The van der Waals surface area contributed by atoms with E-state index < -0.39 is 0 Å². The Morgan fingerprint density at radius 2 is 2.47 bits per heavy atom. The van der Waals surface area contributed by atoms with Gasteiger partial charge in [-0.1, -0.05) is 0 Å². The topological polar surface area (TPSA) is 51.5 Å². The molecule has 0 saturated carbocycles. The van der Waals surface area contributed by atoms with E-state index in [1.807, 2.05) is 13.0 Å². The summed E-state index contributed by atoms with van der Waals surface area (Å²) in [6.07, 6.45) is 3.73. The average molecular weight is 211 g/mol. The molecule has 4 heteroatoms. The number of ether oxygens (including phenoxy) is 1. The van der Waals surface area contributed by atoms with Crippen molar-refractivity contribution in [3.63, 3.8) is 0 Å². The van der Waals surface area contributed by atoms with Crippen molar-refractivity contribution >= 4 is 5.97 Å². The lowest BCUT2D eigenvalue weighted by atomic mass is 10.2. The van der Waals surface area contributed by atoms with Crippen molar-refractivity contribution in [3.8, 4) is 0 Å². The third-order valence-electron chi connectivity index (χ3n) is 2.13. The summed E-state index contributed by atoms with van der Waals surface area (Å²) in [5.74, 6) is -0.163. The number of furan rings is 1. The Bertz CT molecular complexity index is 282. The fourth-order valence-corrected chi connectivity index (χ4v) is 1.26. The van der Waals surface area contributed by atoms with Gasteiger partial charge in [0.25, 0.3) is 0 Å². The van der Waals surface area contributed by atoms with Crippen LogP contribution in [0.4, 0.5) is 0 Å². The van der Waals surface area contributed by atoms with Crippen molar-refractivity contribution in [2.75, 3.05) is 13.2 Å². The van der Waals surface area contributed by atoms with Gasteiger partial charge in [-0.05, 0) is 19.9 Å². The molecule has 84 valence electrons. The average Bonchev–Trinajstić information content (AvgIpc) is 2.70. The molecule has 1 rings (SSSR count). The number of hydrogen-bond donors (Lipinski definition) is 1. The molecule has 0 radical (unpaired) electrons. The zero-order valence-electron chi connectivity index (χ0n) is 9.16. The molecule has 0 saturated heterocycles. The van der Waals surface area contributed by atoms with E-state index in [9.17, 15) is 4.79 Å². The minimum Gasteiger partial charge on any atom is -0.472 e. The molecule has 1 unspecified atom stereocenters. The van der Waals surface area contributed by atoms with E-state index in [4.69, 9.17) is 9.15 Å². The summed E-state index contributed by atoms with van der Waals surface area (Å²) in [6.45, 7) is 4.89. The van der Waals surface area contributed by atoms with Crippen LogP contribution in [0.5, 0.6) is 0 Å². The lowest BCUT2D eigenvalue weighted by molar-refractivity contribution is -0.142. The van der Waals surface area contributed by atoms with Gasteiger partial charge in [0.15, 0.2) is 0 Å². The summed E-state index contributed by atoms with van der Waals surface area (Å²) in [6, 6.07) is 2.10. The minimum absolute atomic E-state index is 0.163. The van der Waals surface area contributed by atoms with Crippen molar-refractivity contribution in [3.05, 3.63) is 24.2 Å². The summed E-state index contributed by atoms with van der Waals surface area (Å²) in [5, 5.41) is 3.21. The van der Waals surface area contributed by atoms with Crippen molar-refractivity contribution in [1.29, 1.82) is 0 Å². The molecular formula is C11H17NO3. The molecule has 0 aliphatic rings. The molecule has 1 atom stereocenters. The quantitative estimate of drug-likeness (QED) is 0.730. The van der Waals surface area contributed by atoms with E-state index in [0.29, 0.717) is 19.6 Å². The third-order valence-corrected chi connectivity index (χ3v) is 2.13. The molecule has 0 aliphatic heterocycles. The van der Waals surface area contributed by atoms with Crippen molar-refractivity contribution in [1.82, 2.24) is 5.32 Å². The van der Waals surface area contributed by atoms with E-state index in [-0.39, 0.29) is 12.0 Å². The maximum Gasteiger partial charge on any atom is 0.307 e. The van der Waals surface area contributed by atoms with Gasteiger partial charge >= 0.3 is 5.97 Å². The fourth-order valence-electron chi connectivity index (χ4n) is 1.26. The highest BCUT2D eigenvalue weighted by Crippen LogP contribution is 2.11. The molecular weight excluding hydrogens is 194 g/mol. The molecule has 0 aromatic carbocycles. The van der Waals surface area contributed by atoms with Crippen LogP contribution in [0, 0.1) is 0 Å². The van der Waals surface area contributed by atoms with Gasteiger partial charge in [0.05, 0.1) is 25.6 Å². The monoisotopic (exact) mass is 211 g/mol. The van der Waals surface area contributed by atoms with Crippen molar-refractivity contribution < 1.29 is 13.9 Å². The Morgan fingerprint density at radius 3 is 3.07 bits per heavy atom. The summed E-state index contributed by atoms with van der Waals surface area (Å²) < 4.78 is 9.79. The van der Waals surface area contributed by atoms with Crippen LogP contribution in [0.1, 0.15) is 31.9 Å². The number of esters is 1. The fraction of sp³-hybridized carbons (Fsp3) is 0.545. The SMILES string of the molecule is CCOC(=O)CCNC(C)c1ccoc1. The molecule has 0 aliphatic carbocycles. The molecule has 1 heterocycles. The van der Waals surface area contributed by atoms with E-state index in [1.54, 1.807) is 19.5 Å². The maximum absolute atomic E-state index is 11.0. The van der Waals surface area contributed by atoms with E-state index >= 15 is 0 Å². The zero-order chi connectivity index (χ0) is 11.1. The van der Waals surface area contributed by atoms with E-state index in [2.05, 4.69) is 5.32 Å². The number of hydrogen-bond acceptors (Lipinski definition) is 4. The highest BCUT2D eigenvalue weighted by molar-refractivity contribution is 5.69. The van der Waals surface area contributed by atoms with E-state index in [1.165, 1.54) is 0 Å². The Morgan fingerprint density at radius 1 is 1.67 bits per heavy atom. The lowest BCUT2D eigenvalue weighted by Crippen LogP contribution is -2.22. The molecule has 1 N–H and O–H groups in total. The highest BCUT2D eigenvalue weighted by atomic mass is 16.5. The van der Waals surface area contributed by atoms with Crippen LogP contribution >= 0.6 is 0 Å². The standard InChI is InChI=1S/C11H17NO3/c1-3-15-11(13)4-6-12-9(2)10-5-7-14-8-10/h5,7-9,12H,3-4,6H2,1-2H3. The van der Waals surface area contributed by atoms with Crippen LogP contribution in [0.3, 0.4) is 0 Å². The predicted octanol–water partition coefficient (Wildman–Crippen LogP) is 1.88. The van der Waals surface area contributed by atoms with Gasteiger partial charge in [-0.15, -0.1) is 0 Å².